The number of nitrogen functional groups attached to an aromatic ring is 1. The Labute approximate surface area is 229 Å². The molecule has 1 aromatic heterocycles. The largest absolute Gasteiger partial charge is 0.464 e. The number of hydrogen-bond acceptors (Lipinski definition) is 3. The summed E-state index contributed by atoms with van der Waals surface area (Å²) < 4.78 is 5.87. The smallest absolute Gasteiger partial charge is 0.197 e. The third-order valence-corrected chi connectivity index (χ3v) is 7.79. The van der Waals surface area contributed by atoms with Crippen molar-refractivity contribution in [1.29, 1.82) is 0 Å². The third kappa shape index (κ3) is 3.83. The quantitative estimate of drug-likeness (QED) is 0.204. The molecule has 5 aromatic rings. The fourth-order valence-corrected chi connectivity index (χ4v) is 5.89. The number of furan rings is 1. The zero-order valence-corrected chi connectivity index (χ0v) is 22.1. The molecule has 7 rings (SSSR count). The van der Waals surface area contributed by atoms with Gasteiger partial charge >= 0.3 is 0 Å². The monoisotopic (exact) mass is 503 g/mol. The van der Waals surface area contributed by atoms with Gasteiger partial charge in [0.25, 0.3) is 0 Å². The number of aryl methyl sites for hydroxylation is 1. The number of anilines is 3. The normalized spacial score (nSPS) is 15.2. The number of para-hydroxylation sites is 3. The highest BCUT2D eigenvalue weighted by molar-refractivity contribution is 6.73. The van der Waals surface area contributed by atoms with Gasteiger partial charge in [0.2, 0.25) is 0 Å². The van der Waals surface area contributed by atoms with E-state index in [1.54, 1.807) is 0 Å². The fourth-order valence-electron chi connectivity index (χ4n) is 5.89. The van der Waals surface area contributed by atoms with E-state index in [2.05, 4.69) is 111 Å². The minimum Gasteiger partial charge on any atom is -0.464 e. The number of rotatable bonds is 3. The molecule has 0 fully saturated rings. The summed E-state index contributed by atoms with van der Waals surface area (Å²) in [5.41, 5.74) is 21.1. The van der Waals surface area contributed by atoms with Crippen LogP contribution in [0.4, 0.5) is 17.1 Å². The van der Waals surface area contributed by atoms with Crippen LogP contribution in [0, 0.1) is 6.92 Å². The lowest BCUT2D eigenvalue weighted by Gasteiger charge is -2.36. The van der Waals surface area contributed by atoms with Crippen molar-refractivity contribution >= 4 is 46.2 Å². The van der Waals surface area contributed by atoms with Crippen molar-refractivity contribution in [3.8, 4) is 22.3 Å². The second-order valence-electron chi connectivity index (χ2n) is 10.2. The third-order valence-electron chi connectivity index (χ3n) is 7.79. The zero-order chi connectivity index (χ0) is 26.5. The number of nitrogens with two attached hydrogens (primary N) is 1. The predicted octanol–water partition coefficient (Wildman–Crippen LogP) is 7.55. The average molecular weight is 503 g/mol. The second-order valence-corrected chi connectivity index (χ2v) is 10.2. The van der Waals surface area contributed by atoms with Gasteiger partial charge in [-0.05, 0) is 72.8 Å². The summed E-state index contributed by atoms with van der Waals surface area (Å²) in [5, 5.41) is 1.06. The first-order valence-corrected chi connectivity index (χ1v) is 13.4. The molecule has 1 aliphatic heterocycles. The fraction of sp³-hybridized carbons (Fsp3) is 0.0857. The molecule has 0 spiro atoms. The first-order valence-electron chi connectivity index (χ1n) is 13.4. The Bertz CT molecular complexity index is 1860. The maximum absolute atomic E-state index is 6.99. The van der Waals surface area contributed by atoms with Crippen LogP contribution in [-0.4, -0.2) is 7.28 Å². The lowest BCUT2D eigenvalue weighted by Crippen LogP contribution is -2.42. The van der Waals surface area contributed by atoms with E-state index in [9.17, 15) is 0 Å². The van der Waals surface area contributed by atoms with Crippen LogP contribution in [0.3, 0.4) is 0 Å². The predicted molar refractivity (Wildman–Crippen MR) is 165 cm³/mol. The summed E-state index contributed by atoms with van der Waals surface area (Å²) in [6, 6.07) is 27.6. The molecule has 39 heavy (non-hydrogen) atoms. The van der Waals surface area contributed by atoms with Gasteiger partial charge in [0, 0.05) is 44.8 Å². The van der Waals surface area contributed by atoms with E-state index < -0.39 is 0 Å². The highest BCUT2D eigenvalue weighted by Crippen LogP contribution is 2.41. The summed E-state index contributed by atoms with van der Waals surface area (Å²) in [6.07, 6.45) is 11.8. The molecule has 0 unspecified atom stereocenters. The number of allylic oxidation sites excluding steroid dienone is 5. The van der Waals surface area contributed by atoms with Crippen LogP contribution in [0.5, 0.6) is 0 Å². The Kier molecular flexibility index (Phi) is 5.55. The van der Waals surface area contributed by atoms with Crippen LogP contribution < -0.4 is 21.6 Å². The molecule has 4 aromatic carbocycles. The Morgan fingerprint density at radius 3 is 2.54 bits per heavy atom. The molecule has 1 radical (unpaired) electrons. The van der Waals surface area contributed by atoms with Gasteiger partial charge in [-0.25, -0.2) is 0 Å². The van der Waals surface area contributed by atoms with Crippen molar-refractivity contribution in [2.75, 3.05) is 10.6 Å². The maximum Gasteiger partial charge on any atom is 0.197 e. The minimum atomic E-state index is 0.753. The van der Waals surface area contributed by atoms with Crippen LogP contribution in [0.25, 0.3) is 33.2 Å². The summed E-state index contributed by atoms with van der Waals surface area (Å²) >= 11 is 0. The van der Waals surface area contributed by atoms with Crippen molar-refractivity contribution in [3.63, 3.8) is 0 Å². The van der Waals surface area contributed by atoms with Gasteiger partial charge in [-0.1, -0.05) is 78.3 Å². The van der Waals surface area contributed by atoms with E-state index in [0.717, 1.165) is 51.0 Å². The lowest BCUT2D eigenvalue weighted by molar-refractivity contribution is 0.617. The zero-order valence-electron chi connectivity index (χ0n) is 22.1. The van der Waals surface area contributed by atoms with E-state index >= 15 is 0 Å². The van der Waals surface area contributed by atoms with Gasteiger partial charge in [0.1, 0.15) is 5.58 Å². The highest BCUT2D eigenvalue weighted by Gasteiger charge is 2.29. The second kappa shape index (κ2) is 9.25. The molecular weight excluding hydrogens is 475 g/mol. The molecule has 2 heterocycles. The van der Waals surface area contributed by atoms with E-state index in [-0.39, 0.29) is 0 Å². The van der Waals surface area contributed by atoms with Crippen molar-refractivity contribution in [2.24, 2.45) is 0 Å². The molecule has 4 heteroatoms. The Morgan fingerprint density at radius 1 is 0.872 bits per heavy atom. The standard InChI is InChI=1S/C35H28BN2O/c1-3-23-10-8-11-24(20-23)38-31-16-6-5-15-30(31)36-34-28(18-22(2)19-32(34)38)26-13-9-14-27(35(26)37)29-21-39-33-17-7-4-12-25(29)33/h3-9,11-21H,10,37H2,1-2H3/b23-3-. The van der Waals surface area contributed by atoms with Crippen molar-refractivity contribution < 1.29 is 4.42 Å². The van der Waals surface area contributed by atoms with Crippen molar-refractivity contribution in [1.82, 2.24) is 0 Å². The molecule has 0 atom stereocenters. The number of nitrogens with zero attached hydrogens (tertiary/aromatic N) is 1. The average Bonchev–Trinajstić information content (AvgIpc) is 3.40. The molecule has 1 aliphatic carbocycles. The molecule has 0 amide bonds. The molecular formula is C35H28BN2O. The Hall–Kier alpha value is -4.70. The van der Waals surface area contributed by atoms with Crippen LogP contribution in [-0.2, 0) is 0 Å². The molecule has 187 valence electrons. The van der Waals surface area contributed by atoms with Crippen LogP contribution in [0.2, 0.25) is 0 Å². The maximum atomic E-state index is 6.99. The van der Waals surface area contributed by atoms with Crippen molar-refractivity contribution in [2.45, 2.75) is 20.3 Å². The first kappa shape index (κ1) is 23.4. The number of hydrogen-bond donors (Lipinski definition) is 1. The van der Waals surface area contributed by atoms with Gasteiger partial charge in [0.05, 0.1) is 6.26 Å². The van der Waals surface area contributed by atoms with E-state index in [1.807, 2.05) is 24.5 Å². The summed E-state index contributed by atoms with van der Waals surface area (Å²) in [6.45, 7) is 4.27. The van der Waals surface area contributed by atoms with Crippen molar-refractivity contribution in [3.05, 3.63) is 126 Å². The van der Waals surface area contributed by atoms with Gasteiger partial charge in [0.15, 0.2) is 7.28 Å². The van der Waals surface area contributed by atoms with E-state index in [0.29, 0.717) is 0 Å². The van der Waals surface area contributed by atoms with Gasteiger partial charge in [-0.15, -0.1) is 0 Å². The minimum absolute atomic E-state index is 0.753. The highest BCUT2D eigenvalue weighted by atomic mass is 16.3. The van der Waals surface area contributed by atoms with E-state index in [4.69, 9.17) is 10.2 Å². The summed E-state index contributed by atoms with van der Waals surface area (Å²) in [5.74, 6) is 0. The Morgan fingerprint density at radius 2 is 1.67 bits per heavy atom. The summed E-state index contributed by atoms with van der Waals surface area (Å²) in [7, 11) is 2.30. The Balaban J connectivity index is 1.45. The molecule has 0 bridgehead atoms. The molecule has 2 aliphatic rings. The van der Waals surface area contributed by atoms with Crippen LogP contribution in [0.15, 0.2) is 125 Å². The number of benzene rings is 4. The molecule has 0 saturated heterocycles. The first-order chi connectivity index (χ1) is 19.1. The molecule has 3 nitrogen and oxygen atoms in total. The molecule has 2 N–H and O–H groups in total. The van der Waals surface area contributed by atoms with Gasteiger partial charge in [-0.2, -0.15) is 0 Å². The van der Waals surface area contributed by atoms with Gasteiger partial charge in [-0.3, -0.25) is 0 Å². The SMILES string of the molecule is C/C=C1\C=C(N2c3ccccc3[B]c3c(-c4cccc(-c5coc6ccccc56)c4N)cc(C)cc32)C=CC1. The topological polar surface area (TPSA) is 42.4 Å². The van der Waals surface area contributed by atoms with E-state index in [1.165, 1.54) is 33.4 Å². The van der Waals surface area contributed by atoms with Crippen LogP contribution >= 0.6 is 0 Å². The van der Waals surface area contributed by atoms with Gasteiger partial charge < -0.3 is 15.1 Å². The molecule has 0 saturated carbocycles. The number of fused-ring (bicyclic) bond motifs is 3. The lowest BCUT2D eigenvalue weighted by atomic mass is 9.58. The van der Waals surface area contributed by atoms with Crippen LogP contribution in [0.1, 0.15) is 18.9 Å². The summed E-state index contributed by atoms with van der Waals surface area (Å²) in [4.78, 5) is 2.39.